The second kappa shape index (κ2) is 12.0. The van der Waals surface area contributed by atoms with Crippen molar-refractivity contribution in [2.24, 2.45) is 0 Å². The van der Waals surface area contributed by atoms with E-state index in [0.717, 1.165) is 38.0 Å². The quantitative estimate of drug-likeness (QED) is 0.516. The summed E-state index contributed by atoms with van der Waals surface area (Å²) in [5, 5.41) is 13.6. The third-order valence-corrected chi connectivity index (χ3v) is 5.35. The first-order valence-corrected chi connectivity index (χ1v) is 10.6. The molecule has 29 heavy (non-hydrogen) atoms. The monoisotopic (exact) mass is 407 g/mol. The number of rotatable bonds is 12. The van der Waals surface area contributed by atoms with E-state index in [1.807, 2.05) is 30.1 Å². The fraction of sp³-hybridized carbons (Fsp3) is 0.682. The van der Waals surface area contributed by atoms with Crippen LogP contribution in [0.25, 0.3) is 0 Å². The molecule has 0 aliphatic carbocycles. The smallest absolute Gasteiger partial charge is 0.222 e. The van der Waals surface area contributed by atoms with Crippen LogP contribution in [0.4, 0.5) is 0 Å². The third-order valence-electron chi connectivity index (χ3n) is 5.35. The highest BCUT2D eigenvalue weighted by Gasteiger charge is 2.17. The lowest BCUT2D eigenvalue weighted by Crippen LogP contribution is -2.39. The van der Waals surface area contributed by atoms with Crippen LogP contribution in [0.5, 0.6) is 11.5 Å². The Kier molecular flexibility index (Phi) is 9.70. The van der Waals surface area contributed by atoms with E-state index in [1.54, 1.807) is 7.11 Å². The molecule has 1 atom stereocenters. The standard InChI is InChI=1S/C22H37N3O4/c1-17(2)24(3)15-19(26)16-29-21-13-18(8-9-20(21)28-4)14-23-10-12-25-11-6-5-7-22(25)27/h8-9,13,17,19,23,26H,5-7,10-12,14-16H2,1-4H3. The second-order valence-corrected chi connectivity index (χ2v) is 8.00. The lowest BCUT2D eigenvalue weighted by Gasteiger charge is -2.26. The molecule has 0 aromatic heterocycles. The van der Waals surface area contributed by atoms with Crippen LogP contribution in [-0.4, -0.2) is 79.9 Å². The molecule has 7 heteroatoms. The van der Waals surface area contributed by atoms with E-state index < -0.39 is 6.10 Å². The molecular formula is C22H37N3O4. The molecule has 7 nitrogen and oxygen atoms in total. The highest BCUT2D eigenvalue weighted by molar-refractivity contribution is 5.76. The Bertz CT molecular complexity index is 638. The maximum atomic E-state index is 11.8. The highest BCUT2D eigenvalue weighted by Crippen LogP contribution is 2.28. The number of likely N-dealkylation sites (tertiary alicyclic amines) is 1. The summed E-state index contributed by atoms with van der Waals surface area (Å²) >= 11 is 0. The van der Waals surface area contributed by atoms with Crippen LogP contribution in [0.1, 0.15) is 38.7 Å². The summed E-state index contributed by atoms with van der Waals surface area (Å²) in [7, 11) is 3.59. The van der Waals surface area contributed by atoms with Crippen molar-refractivity contribution in [3.05, 3.63) is 23.8 Å². The molecule has 1 saturated heterocycles. The van der Waals surface area contributed by atoms with Crippen LogP contribution >= 0.6 is 0 Å². The normalized spacial score (nSPS) is 15.8. The number of ether oxygens (including phenoxy) is 2. The number of carbonyl (C=O) groups excluding carboxylic acids is 1. The van der Waals surface area contributed by atoms with Gasteiger partial charge in [-0.25, -0.2) is 0 Å². The lowest BCUT2D eigenvalue weighted by molar-refractivity contribution is -0.133. The average molecular weight is 408 g/mol. The van der Waals surface area contributed by atoms with Gasteiger partial charge in [0.15, 0.2) is 11.5 Å². The number of nitrogens with zero attached hydrogens (tertiary/aromatic N) is 2. The number of benzene rings is 1. The molecule has 1 unspecified atom stereocenters. The first kappa shape index (κ1) is 23.4. The van der Waals surface area contributed by atoms with Crippen LogP contribution in [0.2, 0.25) is 0 Å². The van der Waals surface area contributed by atoms with Crippen LogP contribution in [0.3, 0.4) is 0 Å². The third kappa shape index (κ3) is 7.84. The molecular weight excluding hydrogens is 370 g/mol. The molecule has 1 aliphatic heterocycles. The fourth-order valence-corrected chi connectivity index (χ4v) is 3.27. The van der Waals surface area contributed by atoms with Gasteiger partial charge in [-0.1, -0.05) is 6.07 Å². The predicted molar refractivity (Wildman–Crippen MR) is 114 cm³/mol. The van der Waals surface area contributed by atoms with Gasteiger partial charge in [-0.3, -0.25) is 4.79 Å². The predicted octanol–water partition coefficient (Wildman–Crippen LogP) is 1.88. The Morgan fingerprint density at radius 1 is 1.28 bits per heavy atom. The van der Waals surface area contributed by atoms with Crippen LogP contribution in [0.15, 0.2) is 18.2 Å². The summed E-state index contributed by atoms with van der Waals surface area (Å²) in [4.78, 5) is 15.9. The molecule has 0 radical (unpaired) electrons. The first-order chi connectivity index (χ1) is 13.9. The summed E-state index contributed by atoms with van der Waals surface area (Å²) < 4.78 is 11.2. The molecule has 2 rings (SSSR count). The van der Waals surface area contributed by atoms with Gasteiger partial charge in [0.1, 0.15) is 12.7 Å². The lowest BCUT2D eigenvalue weighted by atomic mass is 10.1. The zero-order valence-corrected chi connectivity index (χ0v) is 18.3. The molecule has 0 bridgehead atoms. The van der Waals surface area contributed by atoms with E-state index in [2.05, 4.69) is 24.1 Å². The van der Waals surface area contributed by atoms with Crippen LogP contribution in [0, 0.1) is 0 Å². The van der Waals surface area contributed by atoms with Crippen molar-refractivity contribution in [2.45, 2.75) is 51.8 Å². The molecule has 2 N–H and O–H groups in total. The molecule has 0 saturated carbocycles. The molecule has 1 heterocycles. The van der Waals surface area contributed by atoms with Gasteiger partial charge in [-0.15, -0.1) is 0 Å². The Hall–Kier alpha value is -1.83. The Morgan fingerprint density at radius 2 is 2.07 bits per heavy atom. The molecule has 1 aliphatic rings. The molecule has 1 aromatic carbocycles. The van der Waals surface area contributed by atoms with Crippen molar-refractivity contribution in [3.63, 3.8) is 0 Å². The zero-order valence-electron chi connectivity index (χ0n) is 18.3. The fourth-order valence-electron chi connectivity index (χ4n) is 3.27. The van der Waals surface area contributed by atoms with Crippen molar-refractivity contribution >= 4 is 5.91 Å². The number of amides is 1. The van der Waals surface area contributed by atoms with Crippen molar-refractivity contribution < 1.29 is 19.4 Å². The minimum absolute atomic E-state index is 0.210. The SMILES string of the molecule is COc1ccc(CNCCN2CCCCC2=O)cc1OCC(O)CN(C)C(C)C. The Balaban J connectivity index is 1.81. The number of aliphatic hydroxyl groups is 1. The Morgan fingerprint density at radius 3 is 2.76 bits per heavy atom. The van der Waals surface area contributed by atoms with Crippen LogP contribution in [-0.2, 0) is 11.3 Å². The van der Waals surface area contributed by atoms with Gasteiger partial charge in [-0.05, 0) is 51.4 Å². The maximum Gasteiger partial charge on any atom is 0.222 e. The minimum atomic E-state index is -0.573. The van der Waals surface area contributed by atoms with Crippen LogP contribution < -0.4 is 14.8 Å². The summed E-state index contributed by atoms with van der Waals surface area (Å²) in [6.45, 7) is 8.00. The van der Waals surface area contributed by atoms with Crippen molar-refractivity contribution in [3.8, 4) is 11.5 Å². The Labute approximate surface area is 175 Å². The number of aliphatic hydroxyl groups excluding tert-OH is 1. The molecule has 1 aromatic rings. The van der Waals surface area contributed by atoms with Crippen molar-refractivity contribution in [1.29, 1.82) is 0 Å². The molecule has 164 valence electrons. The number of hydrogen-bond donors (Lipinski definition) is 2. The highest BCUT2D eigenvalue weighted by atomic mass is 16.5. The van der Waals surface area contributed by atoms with E-state index in [4.69, 9.17) is 9.47 Å². The number of methoxy groups -OCH3 is 1. The average Bonchev–Trinajstić information content (AvgIpc) is 2.70. The van der Waals surface area contributed by atoms with Gasteiger partial charge in [0, 0.05) is 45.2 Å². The van der Waals surface area contributed by atoms with E-state index in [-0.39, 0.29) is 12.5 Å². The summed E-state index contributed by atoms with van der Waals surface area (Å²) in [5.41, 5.74) is 1.07. The number of piperidine rings is 1. The largest absolute Gasteiger partial charge is 0.493 e. The molecule has 0 spiro atoms. The second-order valence-electron chi connectivity index (χ2n) is 8.00. The van der Waals surface area contributed by atoms with Crippen molar-refractivity contribution in [1.82, 2.24) is 15.1 Å². The van der Waals surface area contributed by atoms with E-state index in [0.29, 0.717) is 37.1 Å². The number of nitrogens with one attached hydrogen (secondary N) is 1. The topological polar surface area (TPSA) is 74.3 Å². The number of hydrogen-bond acceptors (Lipinski definition) is 6. The number of likely N-dealkylation sites (N-methyl/N-ethyl adjacent to an activating group) is 1. The molecule has 1 fully saturated rings. The van der Waals surface area contributed by atoms with E-state index in [1.165, 1.54) is 0 Å². The van der Waals surface area contributed by atoms with Gasteiger partial charge in [0.05, 0.1) is 7.11 Å². The van der Waals surface area contributed by atoms with E-state index in [9.17, 15) is 9.90 Å². The van der Waals surface area contributed by atoms with E-state index >= 15 is 0 Å². The van der Waals surface area contributed by atoms with Gasteiger partial charge in [0.2, 0.25) is 5.91 Å². The zero-order chi connectivity index (χ0) is 21.2. The minimum Gasteiger partial charge on any atom is -0.493 e. The first-order valence-electron chi connectivity index (χ1n) is 10.6. The van der Waals surface area contributed by atoms with Gasteiger partial charge < -0.3 is 29.7 Å². The van der Waals surface area contributed by atoms with Gasteiger partial charge in [-0.2, -0.15) is 0 Å². The van der Waals surface area contributed by atoms with Gasteiger partial charge in [0.25, 0.3) is 0 Å². The summed E-state index contributed by atoms with van der Waals surface area (Å²) in [6.07, 6.45) is 2.22. The number of carbonyl (C=O) groups is 1. The summed E-state index contributed by atoms with van der Waals surface area (Å²) in [6, 6.07) is 6.19. The van der Waals surface area contributed by atoms with Crippen molar-refractivity contribution in [2.75, 3.05) is 46.9 Å². The molecule has 1 amide bonds. The maximum absolute atomic E-state index is 11.8. The van der Waals surface area contributed by atoms with Gasteiger partial charge >= 0.3 is 0 Å². The summed E-state index contributed by atoms with van der Waals surface area (Å²) in [5.74, 6) is 1.54.